The predicted octanol–water partition coefficient (Wildman–Crippen LogP) is 2.39. The van der Waals surface area contributed by atoms with Crippen molar-refractivity contribution in [2.75, 3.05) is 7.11 Å². The number of hydrogen-bond donors (Lipinski definition) is 2. The number of amides is 1. The highest BCUT2D eigenvalue weighted by molar-refractivity contribution is 5.85. The maximum atomic E-state index is 12.1. The summed E-state index contributed by atoms with van der Waals surface area (Å²) >= 11 is 0. The summed E-state index contributed by atoms with van der Waals surface area (Å²) in [4.78, 5) is 12.1. The molecular weight excluding hydrogens is 240 g/mol. The minimum atomic E-state index is -0.818. The first-order chi connectivity index (χ1) is 8.90. The third-order valence-electron chi connectivity index (χ3n) is 3.23. The number of nitrogens with two attached hydrogens (primary N) is 1. The highest BCUT2D eigenvalue weighted by Gasteiger charge is 2.28. The molecule has 1 aromatic rings. The average Bonchev–Trinajstić information content (AvgIpc) is 2.38. The number of nitrogens with one attached hydrogen (secondary N) is 1. The highest BCUT2D eigenvalue weighted by atomic mass is 16.5. The molecular formula is C15H24N2O2. The first-order valence-electron chi connectivity index (χ1n) is 6.64. The summed E-state index contributed by atoms with van der Waals surface area (Å²) in [5.74, 6) is 0.660. The first kappa shape index (κ1) is 15.5. The summed E-state index contributed by atoms with van der Waals surface area (Å²) in [6.45, 7) is 5.72. The maximum Gasteiger partial charge on any atom is 0.240 e. The van der Waals surface area contributed by atoms with Crippen LogP contribution < -0.4 is 15.8 Å². The van der Waals surface area contributed by atoms with Crippen molar-refractivity contribution in [3.05, 3.63) is 29.8 Å². The Bertz CT molecular complexity index is 430. The Morgan fingerprint density at radius 1 is 1.53 bits per heavy atom. The normalized spacial score (nSPS) is 15.4. The van der Waals surface area contributed by atoms with E-state index >= 15 is 0 Å². The molecule has 0 aliphatic rings. The predicted molar refractivity (Wildman–Crippen MR) is 77.1 cm³/mol. The third kappa shape index (κ3) is 4.24. The Kier molecular flexibility index (Phi) is 5.36. The number of benzene rings is 1. The molecule has 106 valence electrons. The van der Waals surface area contributed by atoms with Crippen LogP contribution in [-0.2, 0) is 4.79 Å². The molecule has 2 atom stereocenters. The fourth-order valence-electron chi connectivity index (χ4n) is 1.99. The smallest absolute Gasteiger partial charge is 0.240 e. The van der Waals surface area contributed by atoms with Gasteiger partial charge in [0.15, 0.2) is 0 Å². The quantitative estimate of drug-likeness (QED) is 0.829. The lowest BCUT2D eigenvalue weighted by molar-refractivity contribution is -0.126. The van der Waals surface area contributed by atoms with Gasteiger partial charge in [-0.25, -0.2) is 0 Å². The molecule has 0 saturated carbocycles. The van der Waals surface area contributed by atoms with Crippen LogP contribution in [0.15, 0.2) is 24.3 Å². The third-order valence-corrected chi connectivity index (χ3v) is 3.23. The molecule has 0 radical (unpaired) electrons. The van der Waals surface area contributed by atoms with Gasteiger partial charge in [0, 0.05) is 0 Å². The molecule has 0 fully saturated rings. The molecule has 4 nitrogen and oxygen atoms in total. The molecule has 0 saturated heterocycles. The van der Waals surface area contributed by atoms with Gasteiger partial charge in [-0.05, 0) is 38.0 Å². The van der Waals surface area contributed by atoms with Crippen molar-refractivity contribution in [2.45, 2.75) is 45.2 Å². The van der Waals surface area contributed by atoms with Crippen molar-refractivity contribution in [1.82, 2.24) is 5.32 Å². The second-order valence-corrected chi connectivity index (χ2v) is 5.14. The Hall–Kier alpha value is -1.55. The van der Waals surface area contributed by atoms with Gasteiger partial charge in [0.05, 0.1) is 18.7 Å². The van der Waals surface area contributed by atoms with Crippen LogP contribution in [0.2, 0.25) is 0 Å². The van der Waals surface area contributed by atoms with Gasteiger partial charge >= 0.3 is 0 Å². The number of rotatable bonds is 6. The Balaban J connectivity index is 2.73. The summed E-state index contributed by atoms with van der Waals surface area (Å²) in [5, 5.41) is 2.95. The topological polar surface area (TPSA) is 64.4 Å². The molecule has 1 amide bonds. The Morgan fingerprint density at radius 3 is 2.79 bits per heavy atom. The van der Waals surface area contributed by atoms with Gasteiger partial charge in [-0.3, -0.25) is 4.79 Å². The second-order valence-electron chi connectivity index (χ2n) is 5.14. The van der Waals surface area contributed by atoms with Gasteiger partial charge in [0.2, 0.25) is 5.91 Å². The number of hydrogen-bond acceptors (Lipinski definition) is 3. The van der Waals surface area contributed by atoms with Crippen LogP contribution in [-0.4, -0.2) is 18.6 Å². The van der Waals surface area contributed by atoms with Gasteiger partial charge in [-0.15, -0.1) is 0 Å². The zero-order valence-electron chi connectivity index (χ0n) is 12.2. The van der Waals surface area contributed by atoms with Crippen LogP contribution in [0.5, 0.6) is 5.75 Å². The molecule has 0 aliphatic carbocycles. The first-order valence-corrected chi connectivity index (χ1v) is 6.64. The number of carbonyl (C=O) groups excluding carboxylic acids is 1. The molecule has 0 aliphatic heterocycles. The fraction of sp³-hybridized carbons (Fsp3) is 0.533. The Morgan fingerprint density at radius 2 is 2.21 bits per heavy atom. The van der Waals surface area contributed by atoms with Crippen LogP contribution in [0, 0.1) is 0 Å². The molecule has 3 N–H and O–H groups in total. The number of ether oxygens (including phenoxy) is 1. The lowest BCUT2D eigenvalue weighted by Gasteiger charge is -2.25. The zero-order valence-corrected chi connectivity index (χ0v) is 12.2. The summed E-state index contributed by atoms with van der Waals surface area (Å²) in [7, 11) is 1.63. The van der Waals surface area contributed by atoms with E-state index < -0.39 is 5.54 Å². The minimum Gasteiger partial charge on any atom is -0.497 e. The molecule has 19 heavy (non-hydrogen) atoms. The minimum absolute atomic E-state index is 0.0951. The van der Waals surface area contributed by atoms with Gasteiger partial charge in [-0.2, -0.15) is 0 Å². The summed E-state index contributed by atoms with van der Waals surface area (Å²) < 4.78 is 5.18. The molecule has 4 heteroatoms. The summed E-state index contributed by atoms with van der Waals surface area (Å²) in [6, 6.07) is 7.56. The van der Waals surface area contributed by atoms with Gasteiger partial charge in [0.25, 0.3) is 0 Å². The molecule has 0 spiro atoms. The maximum absolute atomic E-state index is 12.1. The van der Waals surface area contributed by atoms with Gasteiger partial charge in [-0.1, -0.05) is 25.5 Å². The monoisotopic (exact) mass is 264 g/mol. The van der Waals surface area contributed by atoms with E-state index in [2.05, 4.69) is 5.32 Å². The molecule has 1 rings (SSSR count). The van der Waals surface area contributed by atoms with Crippen LogP contribution in [0.25, 0.3) is 0 Å². The lowest BCUT2D eigenvalue weighted by Crippen LogP contribution is -2.52. The van der Waals surface area contributed by atoms with E-state index in [1.807, 2.05) is 38.1 Å². The molecule has 0 aromatic heterocycles. The number of carbonyl (C=O) groups is 1. The average molecular weight is 264 g/mol. The van der Waals surface area contributed by atoms with Crippen molar-refractivity contribution >= 4 is 5.91 Å². The van der Waals surface area contributed by atoms with Crippen LogP contribution in [0.1, 0.15) is 45.2 Å². The molecule has 0 bridgehead atoms. The van der Waals surface area contributed by atoms with Gasteiger partial charge in [0.1, 0.15) is 5.75 Å². The SMILES string of the molecule is CCCC(C)(N)C(=O)N[C@H](C)c1cccc(OC)c1. The van der Waals surface area contributed by atoms with Gasteiger partial charge < -0.3 is 15.8 Å². The van der Waals surface area contributed by atoms with E-state index in [4.69, 9.17) is 10.5 Å². The second kappa shape index (κ2) is 6.57. The summed E-state index contributed by atoms with van der Waals surface area (Å²) in [6.07, 6.45) is 1.55. The van der Waals surface area contributed by atoms with Crippen molar-refractivity contribution in [1.29, 1.82) is 0 Å². The molecule has 1 aromatic carbocycles. The lowest BCUT2D eigenvalue weighted by atomic mass is 9.95. The largest absolute Gasteiger partial charge is 0.497 e. The zero-order chi connectivity index (χ0) is 14.5. The van der Waals surface area contributed by atoms with Crippen molar-refractivity contribution < 1.29 is 9.53 Å². The highest BCUT2D eigenvalue weighted by Crippen LogP contribution is 2.19. The van der Waals surface area contributed by atoms with E-state index in [1.165, 1.54) is 0 Å². The number of methoxy groups -OCH3 is 1. The van der Waals surface area contributed by atoms with Crippen molar-refractivity contribution in [3.63, 3.8) is 0 Å². The van der Waals surface area contributed by atoms with E-state index in [1.54, 1.807) is 14.0 Å². The van der Waals surface area contributed by atoms with Crippen LogP contribution in [0.3, 0.4) is 0 Å². The van der Waals surface area contributed by atoms with Crippen molar-refractivity contribution in [2.24, 2.45) is 5.73 Å². The standard InChI is InChI=1S/C15H24N2O2/c1-5-9-15(3,16)14(18)17-11(2)12-7-6-8-13(10-12)19-4/h6-8,10-11H,5,9,16H2,1-4H3,(H,17,18)/t11-,15?/m1/s1. The molecule has 1 unspecified atom stereocenters. The van der Waals surface area contributed by atoms with Crippen LogP contribution >= 0.6 is 0 Å². The van der Waals surface area contributed by atoms with E-state index in [-0.39, 0.29) is 11.9 Å². The summed E-state index contributed by atoms with van der Waals surface area (Å²) in [5.41, 5.74) is 6.20. The van der Waals surface area contributed by atoms with E-state index in [0.29, 0.717) is 6.42 Å². The molecule has 0 heterocycles. The fourth-order valence-corrected chi connectivity index (χ4v) is 1.99. The van der Waals surface area contributed by atoms with Crippen LogP contribution in [0.4, 0.5) is 0 Å². The van der Waals surface area contributed by atoms with E-state index in [9.17, 15) is 4.79 Å². The Labute approximate surface area is 115 Å². The van der Waals surface area contributed by atoms with E-state index in [0.717, 1.165) is 17.7 Å². The van der Waals surface area contributed by atoms with Crippen molar-refractivity contribution in [3.8, 4) is 5.75 Å².